The van der Waals surface area contributed by atoms with Gasteiger partial charge in [-0.1, -0.05) is 0 Å². The van der Waals surface area contributed by atoms with E-state index in [0.29, 0.717) is 11.6 Å². The molecule has 0 spiro atoms. The van der Waals surface area contributed by atoms with Gasteiger partial charge in [0.05, 0.1) is 4.47 Å². The Bertz CT molecular complexity index is 614. The highest BCUT2D eigenvalue weighted by atomic mass is 79.9. The monoisotopic (exact) mass is 343 g/mol. The van der Waals surface area contributed by atoms with Crippen LogP contribution in [0.2, 0.25) is 0 Å². The summed E-state index contributed by atoms with van der Waals surface area (Å²) in [7, 11) is 1.74. The minimum absolute atomic E-state index is 0.0164. The zero-order valence-corrected chi connectivity index (χ0v) is 12.5. The summed E-state index contributed by atoms with van der Waals surface area (Å²) < 4.78 is 32.1. The van der Waals surface area contributed by atoms with E-state index in [9.17, 15) is 8.78 Å². The van der Waals surface area contributed by atoms with Crippen LogP contribution in [0.5, 0.6) is 5.75 Å². The highest BCUT2D eigenvalue weighted by Crippen LogP contribution is 2.29. The third-order valence-corrected chi connectivity index (χ3v) is 3.05. The van der Waals surface area contributed by atoms with E-state index in [1.165, 1.54) is 0 Å². The summed E-state index contributed by atoms with van der Waals surface area (Å²) in [6.07, 6.45) is 0. The molecule has 1 aromatic carbocycles. The van der Waals surface area contributed by atoms with Gasteiger partial charge < -0.3 is 10.1 Å². The first-order valence-electron chi connectivity index (χ1n) is 5.79. The van der Waals surface area contributed by atoms with Crippen molar-refractivity contribution in [3.63, 3.8) is 0 Å². The minimum Gasteiger partial charge on any atom is -0.481 e. The number of anilines is 1. The molecule has 7 heteroatoms. The standard InChI is InChI=1S/C13H12BrF2N3O/c1-7-3-11(17-2)19-12(18-7)6-20-13-9(14)4-8(15)5-10(13)16/h3-5H,6H2,1-2H3,(H,17,18,19). The van der Waals surface area contributed by atoms with E-state index in [4.69, 9.17) is 4.74 Å². The van der Waals surface area contributed by atoms with Crippen molar-refractivity contribution in [2.75, 3.05) is 12.4 Å². The van der Waals surface area contributed by atoms with E-state index >= 15 is 0 Å². The first-order valence-corrected chi connectivity index (χ1v) is 6.58. The van der Waals surface area contributed by atoms with E-state index in [2.05, 4.69) is 31.2 Å². The van der Waals surface area contributed by atoms with Crippen molar-refractivity contribution in [3.05, 3.63) is 45.8 Å². The molecular formula is C13H12BrF2N3O. The average molecular weight is 344 g/mol. The smallest absolute Gasteiger partial charge is 0.169 e. The van der Waals surface area contributed by atoms with Crippen LogP contribution >= 0.6 is 15.9 Å². The lowest BCUT2D eigenvalue weighted by atomic mass is 10.3. The molecule has 0 aliphatic rings. The molecule has 0 bridgehead atoms. The van der Waals surface area contributed by atoms with Crippen molar-refractivity contribution in [3.8, 4) is 5.75 Å². The SMILES string of the molecule is CNc1cc(C)nc(COc2c(F)cc(F)cc2Br)n1. The van der Waals surface area contributed by atoms with Crippen LogP contribution in [0.25, 0.3) is 0 Å². The van der Waals surface area contributed by atoms with Crippen LogP contribution in [-0.4, -0.2) is 17.0 Å². The number of halogens is 3. The van der Waals surface area contributed by atoms with E-state index in [-0.39, 0.29) is 16.8 Å². The normalized spacial score (nSPS) is 10.4. The Morgan fingerprint density at radius 3 is 2.65 bits per heavy atom. The molecule has 4 nitrogen and oxygen atoms in total. The largest absolute Gasteiger partial charge is 0.481 e. The average Bonchev–Trinajstić information content (AvgIpc) is 2.36. The van der Waals surface area contributed by atoms with E-state index < -0.39 is 11.6 Å². The summed E-state index contributed by atoms with van der Waals surface area (Å²) in [5.41, 5.74) is 0.765. The maximum absolute atomic E-state index is 13.6. The zero-order valence-electron chi connectivity index (χ0n) is 10.9. The third kappa shape index (κ3) is 3.41. The number of ether oxygens (including phenoxy) is 1. The van der Waals surface area contributed by atoms with Gasteiger partial charge in [-0.3, -0.25) is 0 Å². The highest BCUT2D eigenvalue weighted by Gasteiger charge is 2.12. The summed E-state index contributed by atoms with van der Waals surface area (Å²) in [5, 5.41) is 2.90. The van der Waals surface area contributed by atoms with Gasteiger partial charge in [-0.05, 0) is 28.9 Å². The molecule has 0 atom stereocenters. The van der Waals surface area contributed by atoms with Gasteiger partial charge in [0, 0.05) is 24.9 Å². The molecule has 106 valence electrons. The minimum atomic E-state index is -0.779. The van der Waals surface area contributed by atoms with E-state index in [0.717, 1.165) is 17.8 Å². The predicted octanol–water partition coefficient (Wildman–Crippen LogP) is 3.45. The summed E-state index contributed by atoms with van der Waals surface area (Å²) in [4.78, 5) is 8.37. The Kier molecular flexibility index (Phi) is 4.49. The summed E-state index contributed by atoms with van der Waals surface area (Å²) >= 11 is 3.06. The van der Waals surface area contributed by atoms with Crippen LogP contribution in [0, 0.1) is 18.6 Å². The second kappa shape index (κ2) is 6.13. The third-order valence-electron chi connectivity index (χ3n) is 2.47. The van der Waals surface area contributed by atoms with Crippen LogP contribution < -0.4 is 10.1 Å². The first-order chi connectivity index (χ1) is 9.49. The molecule has 2 rings (SSSR count). The number of benzene rings is 1. The lowest BCUT2D eigenvalue weighted by Crippen LogP contribution is -2.06. The molecule has 0 fully saturated rings. The van der Waals surface area contributed by atoms with E-state index in [1.54, 1.807) is 13.1 Å². The first kappa shape index (κ1) is 14.6. The van der Waals surface area contributed by atoms with Gasteiger partial charge in [-0.2, -0.15) is 0 Å². The molecule has 1 aromatic heterocycles. The molecule has 1 N–H and O–H groups in total. The number of rotatable bonds is 4. The van der Waals surface area contributed by atoms with Crippen molar-refractivity contribution in [2.24, 2.45) is 0 Å². The summed E-state index contributed by atoms with van der Waals surface area (Å²) in [6.45, 7) is 1.80. The van der Waals surface area contributed by atoms with Crippen molar-refractivity contribution in [1.29, 1.82) is 0 Å². The van der Waals surface area contributed by atoms with Gasteiger partial charge in [-0.15, -0.1) is 0 Å². The number of aryl methyl sites for hydroxylation is 1. The van der Waals surface area contributed by atoms with Gasteiger partial charge in [0.15, 0.2) is 17.4 Å². The Hall–Kier alpha value is -1.76. The molecule has 0 saturated carbocycles. The fourth-order valence-corrected chi connectivity index (χ4v) is 2.15. The van der Waals surface area contributed by atoms with Gasteiger partial charge >= 0.3 is 0 Å². The Balaban J connectivity index is 2.19. The van der Waals surface area contributed by atoms with Crippen molar-refractivity contribution in [1.82, 2.24) is 9.97 Å². The molecule has 0 unspecified atom stereocenters. The van der Waals surface area contributed by atoms with E-state index in [1.807, 2.05) is 6.92 Å². The maximum Gasteiger partial charge on any atom is 0.169 e. The fraction of sp³-hybridized carbons (Fsp3) is 0.231. The molecule has 20 heavy (non-hydrogen) atoms. The topological polar surface area (TPSA) is 47.0 Å². The second-order valence-corrected chi connectivity index (χ2v) is 4.90. The molecular weight excluding hydrogens is 332 g/mol. The second-order valence-electron chi connectivity index (χ2n) is 4.05. The van der Waals surface area contributed by atoms with Crippen LogP contribution in [0.4, 0.5) is 14.6 Å². The zero-order chi connectivity index (χ0) is 14.7. The van der Waals surface area contributed by atoms with Crippen molar-refractivity contribution >= 4 is 21.7 Å². The molecule has 0 amide bonds. The highest BCUT2D eigenvalue weighted by molar-refractivity contribution is 9.10. The van der Waals surface area contributed by atoms with Crippen LogP contribution in [0.15, 0.2) is 22.7 Å². The van der Waals surface area contributed by atoms with Crippen molar-refractivity contribution in [2.45, 2.75) is 13.5 Å². The lowest BCUT2D eigenvalue weighted by Gasteiger charge is -2.10. The molecule has 0 saturated heterocycles. The lowest BCUT2D eigenvalue weighted by molar-refractivity contribution is 0.278. The summed E-state index contributed by atoms with van der Waals surface area (Å²) in [6, 6.07) is 3.67. The Morgan fingerprint density at radius 2 is 2.00 bits per heavy atom. The van der Waals surface area contributed by atoms with Gasteiger partial charge in [0.25, 0.3) is 0 Å². The van der Waals surface area contributed by atoms with Gasteiger partial charge in [0.1, 0.15) is 18.2 Å². The molecule has 1 heterocycles. The molecule has 2 aromatic rings. The Labute approximate surface area is 123 Å². The molecule has 0 aliphatic carbocycles. The number of nitrogens with zero attached hydrogens (tertiary/aromatic N) is 2. The van der Waals surface area contributed by atoms with Crippen molar-refractivity contribution < 1.29 is 13.5 Å². The molecule has 0 radical (unpaired) electrons. The van der Waals surface area contributed by atoms with Gasteiger partial charge in [-0.25, -0.2) is 18.7 Å². The van der Waals surface area contributed by atoms with Crippen LogP contribution in [0.3, 0.4) is 0 Å². The number of aromatic nitrogens is 2. The number of hydrogen-bond donors (Lipinski definition) is 1. The van der Waals surface area contributed by atoms with Gasteiger partial charge in [0.2, 0.25) is 0 Å². The maximum atomic E-state index is 13.6. The Morgan fingerprint density at radius 1 is 1.25 bits per heavy atom. The number of nitrogens with one attached hydrogen (secondary N) is 1. The predicted molar refractivity (Wildman–Crippen MR) is 74.7 cm³/mol. The molecule has 0 aliphatic heterocycles. The fourth-order valence-electron chi connectivity index (χ4n) is 1.63. The summed E-state index contributed by atoms with van der Waals surface area (Å²) in [5.74, 6) is -0.466. The van der Waals surface area contributed by atoms with Crippen LogP contribution in [-0.2, 0) is 6.61 Å². The number of hydrogen-bond acceptors (Lipinski definition) is 4. The quantitative estimate of drug-likeness (QED) is 0.923. The van der Waals surface area contributed by atoms with Crippen LogP contribution in [0.1, 0.15) is 11.5 Å².